The Hall–Kier alpha value is -2.71. The van der Waals surface area contributed by atoms with Gasteiger partial charge in [-0.15, -0.1) is 12.4 Å². The number of benzene rings is 1. The van der Waals surface area contributed by atoms with Crippen LogP contribution in [0.3, 0.4) is 0 Å². The normalized spacial score (nSPS) is 13.6. The molecule has 3 aromatic heterocycles. The molecule has 0 unspecified atom stereocenters. The molecule has 0 aliphatic heterocycles. The molecule has 5 rings (SSSR count). The maximum absolute atomic E-state index is 15.3. The van der Waals surface area contributed by atoms with E-state index < -0.39 is 16.8 Å². The zero-order valence-electron chi connectivity index (χ0n) is 16.5. The lowest BCUT2D eigenvalue weighted by molar-refractivity contribution is 0.416. The summed E-state index contributed by atoms with van der Waals surface area (Å²) in [5, 5.41) is 0.244. The summed E-state index contributed by atoms with van der Waals surface area (Å²) in [4.78, 5) is 30.3. The summed E-state index contributed by atoms with van der Waals surface area (Å²) in [6, 6.07) is 4.98. The number of H-pyrrole nitrogens is 1. The van der Waals surface area contributed by atoms with Gasteiger partial charge in [0.25, 0.3) is 5.56 Å². The van der Waals surface area contributed by atoms with Crippen molar-refractivity contribution in [1.29, 1.82) is 0 Å². The number of nitrogens with one attached hydrogen (secondary N) is 1. The van der Waals surface area contributed by atoms with E-state index in [0.717, 1.165) is 35.8 Å². The SMILES string of the molecule is COc1c(-c2cc(C)nc(C)c2)c(F)cc2c(=O)c3c(=O)[nH]sc3n(C3CC3)c12.Cl. The number of hydrogen-bond donors (Lipinski definition) is 1. The summed E-state index contributed by atoms with van der Waals surface area (Å²) in [6.07, 6.45) is 1.87. The van der Waals surface area contributed by atoms with Gasteiger partial charge in [-0.3, -0.25) is 18.9 Å². The van der Waals surface area contributed by atoms with E-state index in [1.165, 1.54) is 13.2 Å². The molecule has 30 heavy (non-hydrogen) atoms. The van der Waals surface area contributed by atoms with E-state index in [4.69, 9.17) is 4.74 Å². The second-order valence-corrected chi connectivity index (χ2v) is 8.24. The van der Waals surface area contributed by atoms with Gasteiger partial charge in [0, 0.05) is 17.4 Å². The monoisotopic (exact) mass is 447 g/mol. The second kappa shape index (κ2) is 7.21. The third-order valence-electron chi connectivity index (χ3n) is 5.31. The van der Waals surface area contributed by atoms with E-state index in [1.807, 2.05) is 18.4 Å². The van der Waals surface area contributed by atoms with Crippen LogP contribution in [-0.2, 0) is 0 Å². The number of fused-ring (bicyclic) bond motifs is 2. The number of aryl methyl sites for hydroxylation is 2. The summed E-state index contributed by atoms with van der Waals surface area (Å²) in [7, 11) is 1.48. The number of hydrogen-bond acceptors (Lipinski definition) is 5. The van der Waals surface area contributed by atoms with Gasteiger partial charge in [-0.2, -0.15) is 0 Å². The molecule has 1 aliphatic carbocycles. The number of pyridine rings is 2. The Labute approximate surface area is 180 Å². The van der Waals surface area contributed by atoms with Crippen molar-refractivity contribution in [3.63, 3.8) is 0 Å². The van der Waals surface area contributed by atoms with Crippen LogP contribution in [-0.4, -0.2) is 21.0 Å². The van der Waals surface area contributed by atoms with Crippen LogP contribution in [0, 0.1) is 19.7 Å². The van der Waals surface area contributed by atoms with Gasteiger partial charge < -0.3 is 9.30 Å². The number of rotatable bonds is 3. The molecule has 9 heteroatoms. The van der Waals surface area contributed by atoms with Crippen LogP contribution < -0.4 is 15.7 Å². The number of halogens is 2. The Morgan fingerprint density at radius 2 is 1.87 bits per heavy atom. The van der Waals surface area contributed by atoms with Gasteiger partial charge in [0.1, 0.15) is 16.0 Å². The number of nitrogens with zero attached hydrogens (tertiary/aromatic N) is 2. The molecule has 1 fully saturated rings. The fourth-order valence-electron chi connectivity index (χ4n) is 4.06. The lowest BCUT2D eigenvalue weighted by atomic mass is 9.99. The van der Waals surface area contributed by atoms with E-state index in [-0.39, 0.29) is 29.2 Å². The lowest BCUT2D eigenvalue weighted by Crippen LogP contribution is -2.16. The molecule has 6 nitrogen and oxygen atoms in total. The molecule has 0 radical (unpaired) electrons. The highest BCUT2D eigenvalue weighted by molar-refractivity contribution is 7.12. The van der Waals surface area contributed by atoms with Crippen molar-refractivity contribution in [2.75, 3.05) is 7.11 Å². The fraction of sp³-hybridized carbons (Fsp3) is 0.286. The largest absolute Gasteiger partial charge is 0.494 e. The first-order valence-electron chi connectivity index (χ1n) is 9.32. The Balaban J connectivity index is 0.00000218. The molecule has 1 aromatic carbocycles. The van der Waals surface area contributed by atoms with E-state index in [0.29, 0.717) is 27.2 Å². The molecule has 0 atom stereocenters. The van der Waals surface area contributed by atoms with E-state index in [1.54, 1.807) is 12.1 Å². The topological polar surface area (TPSA) is 77.0 Å². The quantitative estimate of drug-likeness (QED) is 0.502. The second-order valence-electron chi connectivity index (χ2n) is 7.45. The summed E-state index contributed by atoms with van der Waals surface area (Å²) < 4.78 is 25.7. The van der Waals surface area contributed by atoms with Crippen molar-refractivity contribution in [1.82, 2.24) is 13.9 Å². The van der Waals surface area contributed by atoms with Gasteiger partial charge in [-0.1, -0.05) is 0 Å². The van der Waals surface area contributed by atoms with E-state index >= 15 is 4.39 Å². The minimum Gasteiger partial charge on any atom is -0.494 e. The van der Waals surface area contributed by atoms with Gasteiger partial charge in [0.2, 0.25) is 5.43 Å². The van der Waals surface area contributed by atoms with Crippen LogP contribution in [0.1, 0.15) is 30.3 Å². The molecule has 0 bridgehead atoms. The average molecular weight is 448 g/mol. The number of aromatic amines is 1. The van der Waals surface area contributed by atoms with Gasteiger partial charge >= 0.3 is 0 Å². The Morgan fingerprint density at radius 3 is 2.47 bits per heavy atom. The zero-order valence-corrected chi connectivity index (χ0v) is 18.2. The predicted molar refractivity (Wildman–Crippen MR) is 119 cm³/mol. The minimum absolute atomic E-state index is 0. The first kappa shape index (κ1) is 20.6. The molecule has 0 saturated heterocycles. The summed E-state index contributed by atoms with van der Waals surface area (Å²) in [5.41, 5.74) is 2.09. The van der Waals surface area contributed by atoms with Gasteiger partial charge in [-0.25, -0.2) is 4.39 Å². The average Bonchev–Trinajstić information content (AvgIpc) is 3.43. The summed E-state index contributed by atoms with van der Waals surface area (Å²) in [5.74, 6) is -0.262. The molecular formula is C21H19ClFN3O3S. The van der Waals surface area contributed by atoms with Crippen molar-refractivity contribution in [2.24, 2.45) is 0 Å². The molecular weight excluding hydrogens is 429 g/mol. The maximum Gasteiger partial charge on any atom is 0.271 e. The highest BCUT2D eigenvalue weighted by atomic mass is 35.5. The highest BCUT2D eigenvalue weighted by Crippen LogP contribution is 2.45. The van der Waals surface area contributed by atoms with Gasteiger partial charge in [0.15, 0.2) is 5.75 Å². The van der Waals surface area contributed by atoms with Crippen LogP contribution in [0.4, 0.5) is 4.39 Å². The predicted octanol–water partition coefficient (Wildman–Crippen LogP) is 4.49. The molecule has 1 N–H and O–H groups in total. The molecule has 1 saturated carbocycles. The molecule has 3 heterocycles. The first-order chi connectivity index (χ1) is 13.9. The molecule has 0 spiro atoms. The maximum atomic E-state index is 15.3. The standard InChI is InChI=1S/C21H18FN3O3S.ClH/c1-9-6-11(7-10(2)23-9)15-14(22)8-13-17(19(15)28-3)25(12-4-5-12)21-16(18(13)26)20(27)24-29-21;/h6-8,12H,4-5H2,1-3H3,(H,24,27);1H. The Kier molecular flexibility index (Phi) is 4.94. The van der Waals surface area contributed by atoms with Crippen molar-refractivity contribution in [2.45, 2.75) is 32.7 Å². The lowest BCUT2D eigenvalue weighted by Gasteiger charge is -2.18. The van der Waals surface area contributed by atoms with Crippen LogP contribution in [0.15, 0.2) is 27.8 Å². The number of ether oxygens (including phenoxy) is 1. The van der Waals surface area contributed by atoms with Crippen LogP contribution in [0.2, 0.25) is 0 Å². The third kappa shape index (κ3) is 2.94. The molecule has 1 aliphatic rings. The molecule has 156 valence electrons. The van der Waals surface area contributed by atoms with Crippen LogP contribution in [0.25, 0.3) is 32.2 Å². The summed E-state index contributed by atoms with van der Waals surface area (Å²) in [6.45, 7) is 3.70. The van der Waals surface area contributed by atoms with E-state index in [9.17, 15) is 9.59 Å². The molecule has 4 aromatic rings. The van der Waals surface area contributed by atoms with Gasteiger partial charge in [-0.05, 0) is 62.0 Å². The number of methoxy groups -OCH3 is 1. The highest BCUT2D eigenvalue weighted by Gasteiger charge is 2.32. The minimum atomic E-state index is -0.565. The Bertz CT molecular complexity index is 1420. The van der Waals surface area contributed by atoms with Crippen LogP contribution in [0.5, 0.6) is 5.75 Å². The zero-order chi connectivity index (χ0) is 20.4. The van der Waals surface area contributed by atoms with E-state index in [2.05, 4.69) is 9.36 Å². The number of aromatic nitrogens is 3. The van der Waals surface area contributed by atoms with Gasteiger partial charge in [0.05, 0.1) is 23.6 Å². The van der Waals surface area contributed by atoms with Crippen molar-refractivity contribution >= 4 is 45.1 Å². The fourth-order valence-corrected chi connectivity index (χ4v) is 4.97. The van der Waals surface area contributed by atoms with Crippen molar-refractivity contribution < 1.29 is 9.13 Å². The van der Waals surface area contributed by atoms with Crippen molar-refractivity contribution in [3.05, 3.63) is 56.0 Å². The smallest absolute Gasteiger partial charge is 0.271 e. The molecule has 0 amide bonds. The van der Waals surface area contributed by atoms with Crippen LogP contribution >= 0.6 is 23.9 Å². The summed E-state index contributed by atoms with van der Waals surface area (Å²) >= 11 is 1.13. The first-order valence-corrected chi connectivity index (χ1v) is 10.1. The van der Waals surface area contributed by atoms with Crippen molar-refractivity contribution in [3.8, 4) is 16.9 Å². The Morgan fingerprint density at radius 1 is 1.20 bits per heavy atom. The third-order valence-corrected chi connectivity index (χ3v) is 6.19.